The molecule has 0 bridgehead atoms. The Morgan fingerprint density at radius 1 is 1.08 bits per heavy atom. The maximum Gasteiger partial charge on any atom is 0.337 e. The van der Waals surface area contributed by atoms with Gasteiger partial charge >= 0.3 is 5.97 Å². The van der Waals surface area contributed by atoms with Gasteiger partial charge in [0.05, 0.1) is 19.8 Å². The van der Waals surface area contributed by atoms with Crippen LogP contribution in [0, 0.1) is 5.82 Å². The quantitative estimate of drug-likeness (QED) is 0.813. The van der Waals surface area contributed by atoms with Gasteiger partial charge in [0.15, 0.2) is 17.6 Å². The lowest BCUT2D eigenvalue weighted by Gasteiger charge is -2.17. The average Bonchev–Trinajstić information content (AvgIpc) is 2.61. The van der Waals surface area contributed by atoms with Crippen LogP contribution in [0.15, 0.2) is 42.5 Å². The third-order valence-electron chi connectivity index (χ3n) is 3.35. The van der Waals surface area contributed by atoms with Gasteiger partial charge in [-0.2, -0.15) is 0 Å². The van der Waals surface area contributed by atoms with Crippen molar-refractivity contribution in [1.82, 2.24) is 0 Å². The molecule has 1 amide bonds. The van der Waals surface area contributed by atoms with E-state index in [1.54, 1.807) is 13.0 Å². The van der Waals surface area contributed by atoms with Crippen molar-refractivity contribution in [3.63, 3.8) is 0 Å². The van der Waals surface area contributed by atoms with Crippen molar-refractivity contribution in [2.75, 3.05) is 19.5 Å². The van der Waals surface area contributed by atoms with Gasteiger partial charge in [0.25, 0.3) is 5.91 Å². The van der Waals surface area contributed by atoms with Gasteiger partial charge in [-0.05, 0) is 43.3 Å². The molecule has 0 spiro atoms. The van der Waals surface area contributed by atoms with E-state index in [0.717, 1.165) is 0 Å². The number of esters is 1. The van der Waals surface area contributed by atoms with Crippen LogP contribution in [0.5, 0.6) is 11.5 Å². The standard InChI is InChI=1S/C18H18FNO5/c1-11(17(21)20-14-6-4-5-13(19)10-14)25-15-8-7-12(18(22)24-3)9-16(15)23-2/h4-11H,1-3H3,(H,20,21)/t11-/m0/s1. The van der Waals surface area contributed by atoms with Gasteiger partial charge in [-0.15, -0.1) is 0 Å². The van der Waals surface area contributed by atoms with Crippen LogP contribution in [0.3, 0.4) is 0 Å². The lowest BCUT2D eigenvalue weighted by atomic mass is 10.2. The number of carbonyl (C=O) groups is 2. The number of amides is 1. The van der Waals surface area contributed by atoms with Gasteiger partial charge in [0.2, 0.25) is 0 Å². The van der Waals surface area contributed by atoms with Crippen LogP contribution >= 0.6 is 0 Å². The zero-order valence-corrected chi connectivity index (χ0v) is 14.0. The number of hydrogen-bond acceptors (Lipinski definition) is 5. The Hall–Kier alpha value is -3.09. The minimum atomic E-state index is -0.874. The van der Waals surface area contributed by atoms with Crippen molar-refractivity contribution in [3.05, 3.63) is 53.8 Å². The first-order valence-corrected chi connectivity index (χ1v) is 7.44. The second kappa shape index (κ2) is 8.14. The van der Waals surface area contributed by atoms with E-state index in [9.17, 15) is 14.0 Å². The van der Waals surface area contributed by atoms with Crippen LogP contribution in [-0.4, -0.2) is 32.2 Å². The highest BCUT2D eigenvalue weighted by Gasteiger charge is 2.18. The molecule has 132 valence electrons. The summed E-state index contributed by atoms with van der Waals surface area (Å²) >= 11 is 0. The fourth-order valence-electron chi connectivity index (χ4n) is 2.06. The van der Waals surface area contributed by atoms with Crippen LogP contribution in [0.1, 0.15) is 17.3 Å². The number of nitrogens with one attached hydrogen (secondary N) is 1. The van der Waals surface area contributed by atoms with E-state index in [1.165, 1.54) is 50.6 Å². The smallest absolute Gasteiger partial charge is 0.337 e. The molecule has 0 heterocycles. The van der Waals surface area contributed by atoms with Crippen molar-refractivity contribution < 1.29 is 28.2 Å². The van der Waals surface area contributed by atoms with Crippen LogP contribution < -0.4 is 14.8 Å². The Labute approximate surface area is 144 Å². The molecule has 7 heteroatoms. The summed E-state index contributed by atoms with van der Waals surface area (Å²) in [7, 11) is 2.69. The maximum absolute atomic E-state index is 13.2. The lowest BCUT2D eigenvalue weighted by Crippen LogP contribution is -2.30. The van der Waals surface area contributed by atoms with Crippen LogP contribution in [0.2, 0.25) is 0 Å². The Morgan fingerprint density at radius 3 is 2.48 bits per heavy atom. The topological polar surface area (TPSA) is 73.9 Å². The summed E-state index contributed by atoms with van der Waals surface area (Å²) < 4.78 is 28.6. The Balaban J connectivity index is 2.09. The van der Waals surface area contributed by atoms with Crippen molar-refractivity contribution in [2.45, 2.75) is 13.0 Å². The normalized spacial score (nSPS) is 11.4. The van der Waals surface area contributed by atoms with Crippen molar-refractivity contribution in [3.8, 4) is 11.5 Å². The molecule has 0 aliphatic carbocycles. The number of methoxy groups -OCH3 is 2. The Kier molecular flexibility index (Phi) is 5.94. The summed E-state index contributed by atoms with van der Waals surface area (Å²) in [6.07, 6.45) is -0.874. The summed E-state index contributed by atoms with van der Waals surface area (Å²) in [5, 5.41) is 2.56. The molecule has 0 aromatic heterocycles. The predicted octanol–water partition coefficient (Wildman–Crippen LogP) is 3.03. The largest absolute Gasteiger partial charge is 0.493 e. The lowest BCUT2D eigenvalue weighted by molar-refractivity contribution is -0.122. The predicted molar refractivity (Wildman–Crippen MR) is 89.5 cm³/mol. The minimum Gasteiger partial charge on any atom is -0.493 e. The van der Waals surface area contributed by atoms with Gasteiger partial charge in [0, 0.05) is 5.69 Å². The molecule has 0 saturated carbocycles. The highest BCUT2D eigenvalue weighted by Crippen LogP contribution is 2.29. The molecule has 2 rings (SSSR count). The van der Waals surface area contributed by atoms with Crippen LogP contribution in [0.4, 0.5) is 10.1 Å². The second-order valence-electron chi connectivity index (χ2n) is 5.12. The van der Waals surface area contributed by atoms with Crippen LogP contribution in [-0.2, 0) is 9.53 Å². The molecule has 1 atom stereocenters. The third-order valence-corrected chi connectivity index (χ3v) is 3.35. The monoisotopic (exact) mass is 347 g/mol. The van der Waals surface area contributed by atoms with Gasteiger partial charge in [-0.1, -0.05) is 6.07 Å². The number of ether oxygens (including phenoxy) is 3. The molecule has 0 aliphatic heterocycles. The molecule has 0 fully saturated rings. The van der Waals surface area contributed by atoms with Gasteiger partial charge in [-0.25, -0.2) is 9.18 Å². The number of hydrogen-bond donors (Lipinski definition) is 1. The molecule has 25 heavy (non-hydrogen) atoms. The molecule has 0 unspecified atom stereocenters. The van der Waals surface area contributed by atoms with E-state index in [4.69, 9.17) is 9.47 Å². The zero-order valence-electron chi connectivity index (χ0n) is 14.0. The second-order valence-corrected chi connectivity index (χ2v) is 5.12. The third kappa shape index (κ3) is 4.69. The van der Waals surface area contributed by atoms with Crippen molar-refractivity contribution in [2.24, 2.45) is 0 Å². The first-order valence-electron chi connectivity index (χ1n) is 7.44. The van der Waals surface area contributed by atoms with Gasteiger partial charge in [0.1, 0.15) is 5.82 Å². The van der Waals surface area contributed by atoms with E-state index in [0.29, 0.717) is 11.3 Å². The summed E-state index contributed by atoms with van der Waals surface area (Å²) in [6.45, 7) is 1.54. The average molecular weight is 347 g/mol. The van der Waals surface area contributed by atoms with E-state index in [-0.39, 0.29) is 11.5 Å². The fraction of sp³-hybridized carbons (Fsp3) is 0.222. The number of carbonyl (C=O) groups excluding carboxylic acids is 2. The highest BCUT2D eigenvalue weighted by molar-refractivity contribution is 5.94. The molecular formula is C18H18FNO5. The molecule has 0 aliphatic rings. The SMILES string of the molecule is COC(=O)c1ccc(O[C@@H](C)C(=O)Nc2cccc(F)c2)c(OC)c1. The minimum absolute atomic E-state index is 0.285. The number of rotatable bonds is 6. The fourth-order valence-corrected chi connectivity index (χ4v) is 2.06. The number of halogens is 1. The van der Waals surface area contributed by atoms with Crippen molar-refractivity contribution in [1.29, 1.82) is 0 Å². The van der Waals surface area contributed by atoms with E-state index < -0.39 is 23.8 Å². The van der Waals surface area contributed by atoms with Gasteiger partial charge < -0.3 is 19.5 Å². The van der Waals surface area contributed by atoms with E-state index in [1.807, 2.05) is 0 Å². The maximum atomic E-state index is 13.2. The summed E-state index contributed by atoms with van der Waals surface area (Å²) in [4.78, 5) is 23.7. The summed E-state index contributed by atoms with van der Waals surface area (Å²) in [5.41, 5.74) is 0.622. The van der Waals surface area contributed by atoms with Crippen molar-refractivity contribution >= 4 is 17.6 Å². The Morgan fingerprint density at radius 2 is 1.84 bits per heavy atom. The van der Waals surface area contributed by atoms with Gasteiger partial charge in [-0.3, -0.25) is 4.79 Å². The molecular weight excluding hydrogens is 329 g/mol. The van der Waals surface area contributed by atoms with E-state index >= 15 is 0 Å². The zero-order chi connectivity index (χ0) is 18.4. The summed E-state index contributed by atoms with van der Waals surface area (Å²) in [5.74, 6) is -0.844. The first kappa shape index (κ1) is 18.3. The van der Waals surface area contributed by atoms with Crippen LogP contribution in [0.25, 0.3) is 0 Å². The Bertz CT molecular complexity index is 778. The molecule has 2 aromatic rings. The summed E-state index contributed by atoms with van der Waals surface area (Å²) in [6, 6.07) is 10.0. The van der Waals surface area contributed by atoms with E-state index in [2.05, 4.69) is 10.1 Å². The first-order chi connectivity index (χ1) is 11.9. The number of anilines is 1. The highest BCUT2D eigenvalue weighted by atomic mass is 19.1. The number of benzene rings is 2. The molecule has 6 nitrogen and oxygen atoms in total. The molecule has 0 radical (unpaired) electrons. The molecule has 2 aromatic carbocycles. The molecule has 0 saturated heterocycles. The molecule has 1 N–H and O–H groups in total.